The molecule has 104 valence electrons. The van der Waals surface area contributed by atoms with Crippen LogP contribution in [0.5, 0.6) is 0 Å². The predicted molar refractivity (Wildman–Crippen MR) is 72.1 cm³/mol. The van der Waals surface area contributed by atoms with Gasteiger partial charge in [-0.2, -0.15) is 0 Å². The number of nitrogens with zero attached hydrogens (tertiary/aromatic N) is 1. The molecule has 19 heavy (non-hydrogen) atoms. The second kappa shape index (κ2) is 6.43. The Bertz CT molecular complexity index is 432. The molecule has 1 aliphatic heterocycles. The van der Waals surface area contributed by atoms with Gasteiger partial charge in [-0.05, 0) is 19.4 Å². The molecule has 1 aliphatic carbocycles. The number of carbonyl (C=O) groups excluding carboxylic acids is 1. The van der Waals surface area contributed by atoms with E-state index in [2.05, 4.69) is 11.0 Å². The van der Waals surface area contributed by atoms with Gasteiger partial charge in [0, 0.05) is 24.5 Å². The van der Waals surface area contributed by atoms with Gasteiger partial charge in [-0.1, -0.05) is 12.2 Å². The first kappa shape index (κ1) is 13.7. The molecule has 0 unspecified atom stereocenters. The lowest BCUT2D eigenvalue weighted by atomic mass is 10.1. The van der Waals surface area contributed by atoms with E-state index in [1.807, 2.05) is 12.2 Å². The number of esters is 1. The summed E-state index contributed by atoms with van der Waals surface area (Å²) in [6, 6.07) is 0. The van der Waals surface area contributed by atoms with E-state index >= 15 is 0 Å². The average molecular weight is 264 g/mol. The number of hydrogen-bond acceptors (Lipinski definition) is 5. The lowest BCUT2D eigenvalue weighted by molar-refractivity contribution is -0.138. The minimum absolute atomic E-state index is 0.354. The van der Waals surface area contributed by atoms with Crippen LogP contribution in [0.1, 0.15) is 13.3 Å². The Morgan fingerprint density at radius 1 is 1.42 bits per heavy atom. The number of hydrogen-bond donors (Lipinski definition) is 1. The van der Waals surface area contributed by atoms with Crippen LogP contribution in [0.3, 0.4) is 0 Å². The molecule has 0 aromatic heterocycles. The zero-order valence-corrected chi connectivity index (χ0v) is 11.2. The lowest BCUT2D eigenvalue weighted by Crippen LogP contribution is -2.35. The minimum atomic E-state index is -0.354. The Labute approximate surface area is 113 Å². The zero-order valence-electron chi connectivity index (χ0n) is 11.2. The van der Waals surface area contributed by atoms with Gasteiger partial charge >= 0.3 is 5.97 Å². The number of nitrogens with two attached hydrogens (primary N) is 1. The van der Waals surface area contributed by atoms with Gasteiger partial charge < -0.3 is 20.1 Å². The van der Waals surface area contributed by atoms with Gasteiger partial charge in [0.05, 0.1) is 25.4 Å². The second-order valence-corrected chi connectivity index (χ2v) is 4.40. The van der Waals surface area contributed by atoms with Crippen molar-refractivity contribution in [3.8, 4) is 0 Å². The Balaban J connectivity index is 2.11. The predicted octanol–water partition coefficient (Wildman–Crippen LogP) is 0.938. The van der Waals surface area contributed by atoms with Crippen LogP contribution in [0.4, 0.5) is 0 Å². The van der Waals surface area contributed by atoms with E-state index in [-0.39, 0.29) is 5.97 Å². The first-order valence-corrected chi connectivity index (χ1v) is 6.60. The molecule has 1 heterocycles. The van der Waals surface area contributed by atoms with Crippen LogP contribution in [0, 0.1) is 0 Å². The third-order valence-electron chi connectivity index (χ3n) is 3.13. The highest BCUT2D eigenvalue weighted by atomic mass is 16.5. The number of allylic oxidation sites excluding steroid dienone is 3. The van der Waals surface area contributed by atoms with Crippen LogP contribution in [0.15, 0.2) is 35.2 Å². The maximum atomic E-state index is 11.8. The summed E-state index contributed by atoms with van der Waals surface area (Å²) in [5.41, 5.74) is 7.98. The highest BCUT2D eigenvalue weighted by Crippen LogP contribution is 2.19. The molecular formula is C14H20N2O3. The topological polar surface area (TPSA) is 64.8 Å². The third kappa shape index (κ3) is 3.38. The van der Waals surface area contributed by atoms with Crippen molar-refractivity contribution in [2.45, 2.75) is 13.3 Å². The van der Waals surface area contributed by atoms with E-state index in [4.69, 9.17) is 15.2 Å². The van der Waals surface area contributed by atoms with Gasteiger partial charge in [-0.15, -0.1) is 0 Å². The lowest BCUT2D eigenvalue weighted by Gasteiger charge is -2.29. The number of carbonyl (C=O) groups is 1. The van der Waals surface area contributed by atoms with Crippen LogP contribution in [-0.4, -0.2) is 43.8 Å². The summed E-state index contributed by atoms with van der Waals surface area (Å²) in [4.78, 5) is 14.0. The Hall–Kier alpha value is -1.75. The smallest absolute Gasteiger partial charge is 0.339 e. The summed E-state index contributed by atoms with van der Waals surface area (Å²) >= 11 is 0. The quantitative estimate of drug-likeness (QED) is 0.768. The van der Waals surface area contributed by atoms with E-state index in [0.29, 0.717) is 24.3 Å². The average Bonchev–Trinajstić information content (AvgIpc) is 2.62. The number of rotatable bonds is 3. The van der Waals surface area contributed by atoms with Gasteiger partial charge in [-0.25, -0.2) is 4.79 Å². The Morgan fingerprint density at radius 3 is 2.84 bits per heavy atom. The minimum Gasteiger partial charge on any atom is -0.462 e. The van der Waals surface area contributed by atoms with Crippen LogP contribution >= 0.6 is 0 Å². The Kier molecular flexibility index (Phi) is 4.63. The van der Waals surface area contributed by atoms with E-state index in [1.165, 1.54) is 0 Å². The van der Waals surface area contributed by atoms with Gasteiger partial charge in [-0.3, -0.25) is 0 Å². The molecule has 0 spiro atoms. The summed E-state index contributed by atoms with van der Waals surface area (Å²) < 4.78 is 10.3. The molecule has 1 saturated heterocycles. The van der Waals surface area contributed by atoms with Gasteiger partial charge in [0.2, 0.25) is 0 Å². The van der Waals surface area contributed by atoms with Crippen molar-refractivity contribution < 1.29 is 14.3 Å². The van der Waals surface area contributed by atoms with Crippen LogP contribution in [0.25, 0.3) is 0 Å². The fourth-order valence-electron chi connectivity index (χ4n) is 2.16. The maximum absolute atomic E-state index is 11.8. The second-order valence-electron chi connectivity index (χ2n) is 4.40. The first-order valence-electron chi connectivity index (χ1n) is 6.60. The summed E-state index contributed by atoms with van der Waals surface area (Å²) in [7, 11) is 0. The van der Waals surface area contributed by atoms with Crippen molar-refractivity contribution >= 4 is 5.97 Å². The molecule has 2 aliphatic rings. The van der Waals surface area contributed by atoms with Gasteiger partial charge in [0.25, 0.3) is 0 Å². The van der Waals surface area contributed by atoms with Crippen molar-refractivity contribution in [3.63, 3.8) is 0 Å². The van der Waals surface area contributed by atoms with E-state index in [0.717, 1.165) is 32.0 Å². The molecule has 0 aromatic carbocycles. The van der Waals surface area contributed by atoms with Crippen molar-refractivity contribution in [1.29, 1.82) is 0 Å². The highest BCUT2D eigenvalue weighted by molar-refractivity contribution is 5.93. The fraction of sp³-hybridized carbons (Fsp3) is 0.500. The van der Waals surface area contributed by atoms with Crippen molar-refractivity contribution in [2.24, 2.45) is 5.73 Å². The number of ether oxygens (including phenoxy) is 2. The van der Waals surface area contributed by atoms with Gasteiger partial charge in [0.15, 0.2) is 0 Å². The highest BCUT2D eigenvalue weighted by Gasteiger charge is 2.18. The molecule has 5 nitrogen and oxygen atoms in total. The van der Waals surface area contributed by atoms with E-state index in [1.54, 1.807) is 6.92 Å². The molecule has 0 aromatic rings. The van der Waals surface area contributed by atoms with Crippen molar-refractivity contribution in [3.05, 3.63) is 35.2 Å². The molecule has 5 heteroatoms. The normalized spacial score (nSPS) is 20.1. The molecule has 2 rings (SSSR count). The third-order valence-corrected chi connectivity index (χ3v) is 3.13. The van der Waals surface area contributed by atoms with Crippen LogP contribution in [-0.2, 0) is 14.3 Å². The molecule has 0 saturated carbocycles. The Morgan fingerprint density at radius 2 is 2.16 bits per heavy atom. The maximum Gasteiger partial charge on any atom is 0.339 e. The molecule has 0 amide bonds. The van der Waals surface area contributed by atoms with E-state index < -0.39 is 0 Å². The zero-order chi connectivity index (χ0) is 13.7. The van der Waals surface area contributed by atoms with E-state index in [9.17, 15) is 4.79 Å². The van der Waals surface area contributed by atoms with Crippen molar-refractivity contribution in [2.75, 3.05) is 32.9 Å². The molecule has 0 atom stereocenters. The summed E-state index contributed by atoms with van der Waals surface area (Å²) in [5, 5.41) is 0. The van der Waals surface area contributed by atoms with Gasteiger partial charge in [0.1, 0.15) is 0 Å². The summed E-state index contributed by atoms with van der Waals surface area (Å²) in [6.07, 6.45) is 6.42. The molecule has 0 radical (unpaired) electrons. The molecule has 2 N–H and O–H groups in total. The first-order chi connectivity index (χ1) is 9.22. The summed E-state index contributed by atoms with van der Waals surface area (Å²) in [6.45, 7) is 5.29. The standard InChI is InChI=1S/C14H20N2O3/c1-2-19-14(17)12-5-3-4-11(10-13(12)15)16-6-8-18-9-7-16/h4-5,10H,2-3,6-9,15H2,1H3. The summed E-state index contributed by atoms with van der Waals surface area (Å²) in [5.74, 6) is -0.354. The van der Waals surface area contributed by atoms with Crippen LogP contribution < -0.4 is 5.73 Å². The molecule has 0 bridgehead atoms. The molecule has 1 fully saturated rings. The van der Waals surface area contributed by atoms with Crippen LogP contribution in [0.2, 0.25) is 0 Å². The fourth-order valence-corrected chi connectivity index (χ4v) is 2.16. The monoisotopic (exact) mass is 264 g/mol. The largest absolute Gasteiger partial charge is 0.462 e. The SMILES string of the molecule is CCOC(=O)C1=CCC=C(N2CCOCC2)C=C1N. The number of morpholine rings is 1. The molecular weight excluding hydrogens is 244 g/mol. The van der Waals surface area contributed by atoms with Crippen molar-refractivity contribution in [1.82, 2.24) is 4.90 Å².